The van der Waals surface area contributed by atoms with Crippen molar-refractivity contribution in [3.05, 3.63) is 42.0 Å². The van der Waals surface area contributed by atoms with Crippen LogP contribution >= 0.6 is 0 Å². The molecule has 22 heavy (non-hydrogen) atoms. The van der Waals surface area contributed by atoms with E-state index in [2.05, 4.69) is 28.8 Å². The van der Waals surface area contributed by atoms with Crippen molar-refractivity contribution in [1.29, 1.82) is 0 Å². The first-order valence-corrected chi connectivity index (χ1v) is 7.81. The lowest BCUT2D eigenvalue weighted by molar-refractivity contribution is -0.125. The van der Waals surface area contributed by atoms with Gasteiger partial charge in [-0.25, -0.2) is 0 Å². The third kappa shape index (κ3) is 3.39. The van der Waals surface area contributed by atoms with Crippen LogP contribution in [0.4, 0.5) is 0 Å². The summed E-state index contributed by atoms with van der Waals surface area (Å²) in [5, 5.41) is 8.65. The number of fused-ring (bicyclic) bond motifs is 1. The number of methoxy groups -OCH3 is 1. The number of carbonyl (C=O) groups excluding carboxylic acids is 1. The van der Waals surface area contributed by atoms with Gasteiger partial charge in [-0.2, -0.15) is 0 Å². The molecule has 0 aliphatic carbocycles. The lowest BCUT2D eigenvalue weighted by Gasteiger charge is -2.21. The molecule has 2 N–H and O–H groups in total. The number of rotatable bonds is 4. The third-order valence-corrected chi connectivity index (χ3v) is 4.29. The maximum Gasteiger partial charge on any atom is 0.223 e. The molecule has 4 nitrogen and oxygen atoms in total. The molecule has 1 heterocycles. The Hall–Kier alpha value is -2.07. The van der Waals surface area contributed by atoms with E-state index in [1.54, 1.807) is 7.11 Å². The Bertz CT molecular complexity index is 663. The van der Waals surface area contributed by atoms with Crippen molar-refractivity contribution in [3.63, 3.8) is 0 Å². The van der Waals surface area contributed by atoms with E-state index in [4.69, 9.17) is 4.74 Å². The maximum absolute atomic E-state index is 12.2. The molecule has 0 saturated carbocycles. The van der Waals surface area contributed by atoms with Crippen LogP contribution in [0.25, 0.3) is 10.8 Å². The van der Waals surface area contributed by atoms with Crippen LogP contribution in [0.2, 0.25) is 0 Å². The minimum Gasteiger partial charge on any atom is -0.497 e. The summed E-state index contributed by atoms with van der Waals surface area (Å²) < 4.78 is 5.24. The quantitative estimate of drug-likeness (QED) is 0.911. The van der Waals surface area contributed by atoms with E-state index in [-0.39, 0.29) is 11.8 Å². The number of ether oxygens (including phenoxy) is 1. The van der Waals surface area contributed by atoms with Crippen LogP contribution in [0, 0.1) is 5.92 Å². The molecule has 2 aromatic rings. The van der Waals surface area contributed by atoms with Gasteiger partial charge in [0.1, 0.15) is 5.75 Å². The smallest absolute Gasteiger partial charge is 0.223 e. The Balaban J connectivity index is 1.65. The fraction of sp³-hybridized carbons (Fsp3) is 0.389. The topological polar surface area (TPSA) is 50.4 Å². The standard InChI is InChI=1S/C18H22N2O2/c1-22-17-5-4-15-10-13(2-3-16(15)11-17)12-20-18(21)14-6-8-19-9-7-14/h2-5,10-11,14,19H,6-9,12H2,1H3,(H,20,21). The van der Waals surface area contributed by atoms with Crippen LogP contribution in [-0.2, 0) is 11.3 Å². The van der Waals surface area contributed by atoms with Gasteiger partial charge in [-0.3, -0.25) is 4.79 Å². The van der Waals surface area contributed by atoms with Crippen molar-refractivity contribution in [2.24, 2.45) is 5.92 Å². The molecule has 2 aromatic carbocycles. The molecule has 0 unspecified atom stereocenters. The number of benzene rings is 2. The molecule has 1 amide bonds. The molecule has 1 aliphatic heterocycles. The Morgan fingerprint density at radius 2 is 1.91 bits per heavy atom. The van der Waals surface area contributed by atoms with Gasteiger partial charge in [-0.1, -0.05) is 18.2 Å². The molecular weight excluding hydrogens is 276 g/mol. The van der Waals surface area contributed by atoms with E-state index >= 15 is 0 Å². The van der Waals surface area contributed by atoms with Crippen LogP contribution in [0.5, 0.6) is 5.75 Å². The van der Waals surface area contributed by atoms with E-state index in [1.165, 1.54) is 0 Å². The first kappa shape index (κ1) is 14.9. The predicted octanol–water partition coefficient (Wildman–Crippen LogP) is 2.46. The molecule has 0 radical (unpaired) electrons. The number of hydrogen-bond acceptors (Lipinski definition) is 3. The van der Waals surface area contributed by atoms with Crippen molar-refractivity contribution in [2.75, 3.05) is 20.2 Å². The van der Waals surface area contributed by atoms with Crippen LogP contribution in [0.1, 0.15) is 18.4 Å². The average molecular weight is 298 g/mol. The summed E-state index contributed by atoms with van der Waals surface area (Å²) in [6.45, 7) is 2.47. The molecular formula is C18H22N2O2. The Morgan fingerprint density at radius 3 is 2.68 bits per heavy atom. The Labute approximate surface area is 130 Å². The number of amides is 1. The Kier molecular flexibility index (Phi) is 4.59. The van der Waals surface area contributed by atoms with Crippen molar-refractivity contribution >= 4 is 16.7 Å². The predicted molar refractivity (Wildman–Crippen MR) is 87.9 cm³/mol. The number of piperidine rings is 1. The fourth-order valence-electron chi connectivity index (χ4n) is 2.93. The summed E-state index contributed by atoms with van der Waals surface area (Å²) in [4.78, 5) is 12.2. The van der Waals surface area contributed by atoms with Gasteiger partial charge in [0.05, 0.1) is 7.11 Å². The highest BCUT2D eigenvalue weighted by Crippen LogP contribution is 2.22. The molecule has 0 bridgehead atoms. The third-order valence-electron chi connectivity index (χ3n) is 4.29. The van der Waals surface area contributed by atoms with Crippen molar-refractivity contribution in [3.8, 4) is 5.75 Å². The molecule has 1 fully saturated rings. The summed E-state index contributed by atoms with van der Waals surface area (Å²) in [7, 11) is 1.67. The van der Waals surface area contributed by atoms with Crippen molar-refractivity contribution < 1.29 is 9.53 Å². The van der Waals surface area contributed by atoms with Crippen molar-refractivity contribution in [2.45, 2.75) is 19.4 Å². The van der Waals surface area contributed by atoms with Crippen molar-refractivity contribution in [1.82, 2.24) is 10.6 Å². The summed E-state index contributed by atoms with van der Waals surface area (Å²) in [5.74, 6) is 1.20. The molecule has 0 aromatic heterocycles. The van der Waals surface area contributed by atoms with E-state index in [0.29, 0.717) is 6.54 Å². The largest absolute Gasteiger partial charge is 0.497 e. The lowest BCUT2D eigenvalue weighted by Crippen LogP contribution is -2.37. The van der Waals surface area contributed by atoms with E-state index in [0.717, 1.165) is 48.0 Å². The van der Waals surface area contributed by atoms with Gasteiger partial charge >= 0.3 is 0 Å². The molecule has 0 atom stereocenters. The monoisotopic (exact) mass is 298 g/mol. The zero-order valence-electron chi connectivity index (χ0n) is 12.9. The molecule has 1 saturated heterocycles. The lowest BCUT2D eigenvalue weighted by atomic mass is 9.97. The van der Waals surface area contributed by atoms with E-state index in [9.17, 15) is 4.79 Å². The van der Waals surface area contributed by atoms with E-state index < -0.39 is 0 Å². The summed E-state index contributed by atoms with van der Waals surface area (Å²) in [6, 6.07) is 12.3. The normalized spacial score (nSPS) is 15.7. The molecule has 0 spiro atoms. The van der Waals surface area contributed by atoms with Gasteiger partial charge in [0.25, 0.3) is 0 Å². The van der Waals surface area contributed by atoms with Gasteiger partial charge in [0, 0.05) is 12.5 Å². The first-order chi connectivity index (χ1) is 10.8. The highest BCUT2D eigenvalue weighted by Gasteiger charge is 2.20. The minimum absolute atomic E-state index is 0.158. The van der Waals surface area contributed by atoms with Gasteiger partial charge < -0.3 is 15.4 Å². The van der Waals surface area contributed by atoms with Gasteiger partial charge in [0.15, 0.2) is 0 Å². The Morgan fingerprint density at radius 1 is 1.18 bits per heavy atom. The van der Waals surface area contributed by atoms with Crippen LogP contribution in [-0.4, -0.2) is 26.1 Å². The molecule has 4 heteroatoms. The van der Waals surface area contributed by atoms with Gasteiger partial charge in [-0.05, 0) is 60.5 Å². The summed E-state index contributed by atoms with van der Waals surface area (Å²) in [5.41, 5.74) is 1.12. The molecule has 116 valence electrons. The van der Waals surface area contributed by atoms with Gasteiger partial charge in [-0.15, -0.1) is 0 Å². The second-order valence-corrected chi connectivity index (χ2v) is 5.79. The number of carbonyl (C=O) groups is 1. The fourth-order valence-corrected chi connectivity index (χ4v) is 2.93. The summed E-state index contributed by atoms with van der Waals surface area (Å²) in [6.07, 6.45) is 1.87. The number of hydrogen-bond donors (Lipinski definition) is 2. The molecule has 1 aliphatic rings. The highest BCUT2D eigenvalue weighted by molar-refractivity contribution is 5.84. The van der Waals surface area contributed by atoms with Gasteiger partial charge in [0.2, 0.25) is 5.91 Å². The van der Waals surface area contributed by atoms with E-state index in [1.807, 2.05) is 18.2 Å². The second kappa shape index (κ2) is 6.79. The first-order valence-electron chi connectivity index (χ1n) is 7.81. The average Bonchev–Trinajstić information content (AvgIpc) is 2.59. The zero-order valence-corrected chi connectivity index (χ0v) is 12.9. The van der Waals surface area contributed by atoms with Crippen LogP contribution < -0.4 is 15.4 Å². The second-order valence-electron chi connectivity index (χ2n) is 5.79. The zero-order chi connectivity index (χ0) is 15.4. The van der Waals surface area contributed by atoms with Crippen LogP contribution in [0.15, 0.2) is 36.4 Å². The highest BCUT2D eigenvalue weighted by atomic mass is 16.5. The minimum atomic E-state index is 0.158. The maximum atomic E-state index is 12.2. The summed E-state index contributed by atoms with van der Waals surface area (Å²) >= 11 is 0. The van der Waals surface area contributed by atoms with Crippen LogP contribution in [0.3, 0.4) is 0 Å². The SMILES string of the molecule is COc1ccc2cc(CNC(=O)C3CCNCC3)ccc2c1. The number of nitrogens with one attached hydrogen (secondary N) is 2. The molecule has 3 rings (SSSR count).